The first-order chi connectivity index (χ1) is 18.8. The first kappa shape index (κ1) is 24.9. The number of aliphatic hydroxyl groups is 1. The molecule has 1 atom stereocenters. The van der Waals surface area contributed by atoms with E-state index in [4.69, 9.17) is 24.9 Å². The predicted octanol–water partition coefficient (Wildman–Crippen LogP) is 0.967. The Balaban J connectivity index is 1.57. The van der Waals surface area contributed by atoms with Crippen LogP contribution < -0.4 is 20.8 Å². The minimum absolute atomic E-state index is 0.0510. The zero-order chi connectivity index (χ0) is 27.5. The van der Waals surface area contributed by atoms with E-state index in [1.165, 1.54) is 0 Å². The number of cyclic esters (lactones) is 1. The van der Waals surface area contributed by atoms with Crippen LogP contribution in [0.5, 0.6) is 11.5 Å². The number of amides is 1. The highest BCUT2D eigenvalue weighted by atomic mass is 16.7. The van der Waals surface area contributed by atoms with Gasteiger partial charge >= 0.3 is 5.97 Å². The number of carbonyl (C=O) groups excluding carboxylic acids is 2. The molecule has 0 radical (unpaired) electrons. The first-order valence-electron chi connectivity index (χ1n) is 12.7. The summed E-state index contributed by atoms with van der Waals surface area (Å²) in [5.74, 6) is 6.43. The molecular formula is C28H26N4O7. The van der Waals surface area contributed by atoms with Crippen molar-refractivity contribution in [2.75, 3.05) is 26.4 Å². The quantitative estimate of drug-likeness (QED) is 0.291. The Kier molecular flexibility index (Phi) is 5.82. The van der Waals surface area contributed by atoms with Gasteiger partial charge in [0.25, 0.3) is 5.56 Å². The van der Waals surface area contributed by atoms with Crippen molar-refractivity contribution in [3.63, 3.8) is 0 Å². The Morgan fingerprint density at radius 3 is 2.67 bits per heavy atom. The number of rotatable bonds is 4. The predicted molar refractivity (Wildman–Crippen MR) is 139 cm³/mol. The van der Waals surface area contributed by atoms with Crippen molar-refractivity contribution in [1.82, 2.24) is 14.5 Å². The molecule has 6 rings (SSSR count). The normalized spacial score (nSPS) is 18.1. The third-order valence-electron chi connectivity index (χ3n) is 7.57. The van der Waals surface area contributed by atoms with Crippen molar-refractivity contribution in [1.29, 1.82) is 0 Å². The Hall–Kier alpha value is -4.40. The number of likely N-dealkylation sites (N-methyl/N-ethyl adjacent to an activating group) is 1. The summed E-state index contributed by atoms with van der Waals surface area (Å²) in [6, 6.07) is 5.24. The standard InChI is InChI=1S/C28H26N4O7/c1-3-28(36)19-9-21-25-17(12-32(21)26(34)18(19)13-37-27(28)35)15(6-5-7-31(4-2)24(33)11-29)16-8-22-23(39-14-38-22)10-20(16)30-25/h8-10,36H,3-4,7,11-14,29H2,1-2H3/t28-/m0/s1. The van der Waals surface area contributed by atoms with Gasteiger partial charge in [0.15, 0.2) is 17.1 Å². The lowest BCUT2D eigenvalue weighted by atomic mass is 9.86. The average molecular weight is 531 g/mol. The Morgan fingerprint density at radius 2 is 1.95 bits per heavy atom. The molecule has 11 nitrogen and oxygen atoms in total. The highest BCUT2D eigenvalue weighted by Crippen LogP contribution is 2.42. The molecule has 2 aromatic heterocycles. The molecule has 0 fully saturated rings. The maximum atomic E-state index is 13.6. The van der Waals surface area contributed by atoms with Gasteiger partial charge < -0.3 is 34.5 Å². The summed E-state index contributed by atoms with van der Waals surface area (Å²) >= 11 is 0. The summed E-state index contributed by atoms with van der Waals surface area (Å²) < 4.78 is 17.9. The molecule has 0 aliphatic carbocycles. The highest BCUT2D eigenvalue weighted by Gasteiger charge is 2.45. The van der Waals surface area contributed by atoms with Crippen LogP contribution in [0.3, 0.4) is 0 Å². The second-order valence-electron chi connectivity index (χ2n) is 9.55. The smallest absolute Gasteiger partial charge is 0.343 e. The SMILES string of the molecule is CCN(CC#Cc1c2c(nc3cc4c(cc13)OCO4)-c1cc3c(c(=O)n1C2)COC(=O)[C@]3(O)CC)C(=O)CN. The molecule has 3 N–H and O–H groups in total. The number of ether oxygens (including phenoxy) is 3. The summed E-state index contributed by atoms with van der Waals surface area (Å²) in [7, 11) is 0. The number of pyridine rings is 2. The van der Waals surface area contributed by atoms with Crippen molar-refractivity contribution < 1.29 is 28.9 Å². The van der Waals surface area contributed by atoms with Crippen LogP contribution in [0.4, 0.5) is 0 Å². The highest BCUT2D eigenvalue weighted by molar-refractivity contribution is 5.93. The molecule has 11 heteroatoms. The number of nitrogens with zero attached hydrogens (tertiary/aromatic N) is 3. The van der Waals surface area contributed by atoms with Gasteiger partial charge in [0.05, 0.1) is 42.1 Å². The maximum Gasteiger partial charge on any atom is 0.343 e. The van der Waals surface area contributed by atoms with E-state index in [0.29, 0.717) is 51.5 Å². The van der Waals surface area contributed by atoms with Gasteiger partial charge in [-0.1, -0.05) is 18.8 Å². The van der Waals surface area contributed by atoms with E-state index < -0.39 is 11.6 Å². The first-order valence-corrected chi connectivity index (χ1v) is 12.7. The molecular weight excluding hydrogens is 504 g/mol. The molecule has 3 aliphatic rings. The van der Waals surface area contributed by atoms with Crippen LogP contribution in [0.15, 0.2) is 23.0 Å². The monoisotopic (exact) mass is 530 g/mol. The number of nitrogens with two attached hydrogens (primary N) is 1. The van der Waals surface area contributed by atoms with Gasteiger partial charge in [0.1, 0.15) is 6.61 Å². The van der Waals surface area contributed by atoms with Gasteiger partial charge in [-0.05, 0) is 25.5 Å². The lowest BCUT2D eigenvalue weighted by Crippen LogP contribution is -2.44. The van der Waals surface area contributed by atoms with Crippen LogP contribution >= 0.6 is 0 Å². The van der Waals surface area contributed by atoms with Crippen LogP contribution in [0.2, 0.25) is 0 Å². The summed E-state index contributed by atoms with van der Waals surface area (Å²) in [5.41, 5.74) is 6.67. The van der Waals surface area contributed by atoms with Crippen molar-refractivity contribution in [3.8, 4) is 34.7 Å². The van der Waals surface area contributed by atoms with E-state index in [0.717, 1.165) is 0 Å². The second-order valence-corrected chi connectivity index (χ2v) is 9.55. The fourth-order valence-electron chi connectivity index (χ4n) is 5.34. The number of aromatic nitrogens is 2. The lowest BCUT2D eigenvalue weighted by molar-refractivity contribution is -0.172. The van der Waals surface area contributed by atoms with E-state index in [9.17, 15) is 19.5 Å². The average Bonchev–Trinajstić information content (AvgIpc) is 3.56. The third kappa shape index (κ3) is 3.67. The molecule has 39 heavy (non-hydrogen) atoms. The van der Waals surface area contributed by atoms with Gasteiger partial charge in [-0.3, -0.25) is 9.59 Å². The van der Waals surface area contributed by atoms with Gasteiger partial charge in [0, 0.05) is 34.7 Å². The van der Waals surface area contributed by atoms with Gasteiger partial charge in [0.2, 0.25) is 12.7 Å². The molecule has 0 spiro atoms. The summed E-state index contributed by atoms with van der Waals surface area (Å²) in [4.78, 5) is 44.7. The Labute approximate surface area is 223 Å². The van der Waals surface area contributed by atoms with Crippen LogP contribution in [0.25, 0.3) is 22.3 Å². The molecule has 200 valence electrons. The molecule has 0 saturated heterocycles. The lowest BCUT2D eigenvalue weighted by Gasteiger charge is -2.31. The van der Waals surface area contributed by atoms with Gasteiger partial charge in [-0.25, -0.2) is 9.78 Å². The number of carbonyl (C=O) groups is 2. The summed E-state index contributed by atoms with van der Waals surface area (Å²) in [5, 5.41) is 11.9. The fraction of sp³-hybridized carbons (Fsp3) is 0.357. The zero-order valence-corrected chi connectivity index (χ0v) is 21.5. The zero-order valence-electron chi connectivity index (χ0n) is 21.5. The molecule has 0 unspecified atom stereocenters. The largest absolute Gasteiger partial charge is 0.458 e. The second kappa shape index (κ2) is 9.11. The summed E-state index contributed by atoms with van der Waals surface area (Å²) in [6.07, 6.45) is 0.0510. The molecule has 1 aromatic carbocycles. The molecule has 3 aliphatic heterocycles. The van der Waals surface area contributed by atoms with Crippen molar-refractivity contribution >= 4 is 22.8 Å². The van der Waals surface area contributed by atoms with Crippen molar-refractivity contribution in [2.24, 2.45) is 5.73 Å². The van der Waals surface area contributed by atoms with Crippen LogP contribution in [0, 0.1) is 11.8 Å². The number of hydrogen-bond acceptors (Lipinski definition) is 9. The maximum absolute atomic E-state index is 13.6. The summed E-state index contributed by atoms with van der Waals surface area (Å²) in [6.45, 7) is 4.12. The number of hydrogen-bond donors (Lipinski definition) is 2. The third-order valence-corrected chi connectivity index (χ3v) is 7.57. The van der Waals surface area contributed by atoms with E-state index in [-0.39, 0.29) is 62.0 Å². The van der Waals surface area contributed by atoms with Crippen molar-refractivity contribution in [2.45, 2.75) is 39.0 Å². The number of fused-ring (bicyclic) bond motifs is 6. The van der Waals surface area contributed by atoms with Crippen molar-refractivity contribution in [3.05, 3.63) is 50.8 Å². The van der Waals surface area contributed by atoms with E-state index in [1.807, 2.05) is 13.0 Å². The van der Waals surface area contributed by atoms with E-state index in [1.54, 1.807) is 28.5 Å². The van der Waals surface area contributed by atoms with Crippen LogP contribution in [-0.2, 0) is 33.1 Å². The molecule has 3 aromatic rings. The number of esters is 1. The molecule has 1 amide bonds. The minimum Gasteiger partial charge on any atom is -0.458 e. The topological polar surface area (TPSA) is 146 Å². The van der Waals surface area contributed by atoms with E-state index >= 15 is 0 Å². The van der Waals surface area contributed by atoms with Gasteiger partial charge in [-0.15, -0.1) is 0 Å². The van der Waals surface area contributed by atoms with Crippen LogP contribution in [0.1, 0.15) is 42.5 Å². The molecule has 5 heterocycles. The Bertz CT molecular complexity index is 1700. The van der Waals surface area contributed by atoms with Gasteiger partial charge in [-0.2, -0.15) is 0 Å². The minimum atomic E-state index is -1.92. The molecule has 0 saturated carbocycles. The van der Waals surface area contributed by atoms with E-state index in [2.05, 4.69) is 11.8 Å². The molecule has 0 bridgehead atoms. The van der Waals surface area contributed by atoms with Crippen LogP contribution in [-0.4, -0.2) is 57.9 Å². The number of benzene rings is 1. The Morgan fingerprint density at radius 1 is 1.18 bits per heavy atom. The fourth-order valence-corrected chi connectivity index (χ4v) is 5.34.